The summed E-state index contributed by atoms with van der Waals surface area (Å²) in [7, 11) is 0. The summed E-state index contributed by atoms with van der Waals surface area (Å²) in [5.41, 5.74) is -0.0572. The van der Waals surface area contributed by atoms with Crippen molar-refractivity contribution in [2.45, 2.75) is 19.0 Å². The summed E-state index contributed by atoms with van der Waals surface area (Å²) in [5.74, 6) is -0.434. The highest BCUT2D eigenvalue weighted by Gasteiger charge is 2.26. The predicted molar refractivity (Wildman–Crippen MR) is 99.1 cm³/mol. The molecule has 3 aromatic rings. The van der Waals surface area contributed by atoms with E-state index < -0.39 is 17.5 Å². The summed E-state index contributed by atoms with van der Waals surface area (Å²) in [4.78, 5) is 22.9. The van der Waals surface area contributed by atoms with Crippen LogP contribution in [0.5, 0.6) is 11.5 Å². The monoisotopic (exact) mass is 419 g/mol. The maximum Gasteiger partial charge on any atom is 0.387 e. The molecule has 0 bridgehead atoms. The molecular formula is C20H15F2NO7. The van der Waals surface area contributed by atoms with Gasteiger partial charge >= 0.3 is 12.6 Å². The van der Waals surface area contributed by atoms with Gasteiger partial charge in [0.2, 0.25) is 0 Å². The molecule has 4 rings (SSSR count). The molecule has 1 saturated heterocycles. The fraction of sp³-hybridized carbons (Fsp3) is 0.250. The van der Waals surface area contributed by atoms with Crippen molar-refractivity contribution in [1.29, 1.82) is 0 Å². The number of benzene rings is 2. The molecule has 0 saturated carbocycles. The lowest BCUT2D eigenvalue weighted by atomic mass is 10.0. The number of hydrogen-bond donors (Lipinski definition) is 0. The summed E-state index contributed by atoms with van der Waals surface area (Å²) in [6, 6.07) is 9.09. The summed E-state index contributed by atoms with van der Waals surface area (Å²) < 4.78 is 46.4. The molecule has 1 aliphatic rings. The number of alkyl halides is 2. The van der Waals surface area contributed by atoms with E-state index in [0.29, 0.717) is 25.4 Å². The Labute approximate surface area is 168 Å². The van der Waals surface area contributed by atoms with Crippen molar-refractivity contribution in [2.75, 3.05) is 13.2 Å². The first-order chi connectivity index (χ1) is 14.4. The Balaban J connectivity index is 1.68. The van der Waals surface area contributed by atoms with Gasteiger partial charge in [-0.15, -0.1) is 0 Å². The number of nitro benzene ring substituents is 1. The Morgan fingerprint density at radius 3 is 2.60 bits per heavy atom. The van der Waals surface area contributed by atoms with E-state index in [4.69, 9.17) is 13.9 Å². The van der Waals surface area contributed by atoms with Crippen molar-refractivity contribution >= 4 is 22.6 Å². The maximum absolute atomic E-state index is 12.8. The fourth-order valence-electron chi connectivity index (χ4n) is 3.24. The minimum absolute atomic E-state index is 0.00958. The average molecular weight is 419 g/mol. The second-order valence-electron chi connectivity index (χ2n) is 6.58. The van der Waals surface area contributed by atoms with Crippen molar-refractivity contribution in [1.82, 2.24) is 0 Å². The second kappa shape index (κ2) is 8.07. The van der Waals surface area contributed by atoms with Crippen molar-refractivity contribution in [3.63, 3.8) is 0 Å². The largest absolute Gasteiger partial charge is 0.457 e. The van der Waals surface area contributed by atoms with E-state index in [0.717, 1.165) is 0 Å². The van der Waals surface area contributed by atoms with Gasteiger partial charge in [0.05, 0.1) is 17.1 Å². The van der Waals surface area contributed by atoms with Crippen LogP contribution in [0.15, 0.2) is 46.9 Å². The molecule has 0 aliphatic carbocycles. The van der Waals surface area contributed by atoms with Crippen LogP contribution in [-0.4, -0.2) is 30.7 Å². The van der Waals surface area contributed by atoms with Gasteiger partial charge in [0.15, 0.2) is 11.3 Å². The van der Waals surface area contributed by atoms with Crippen molar-refractivity contribution < 1.29 is 37.1 Å². The van der Waals surface area contributed by atoms with Crippen LogP contribution in [0.1, 0.15) is 28.5 Å². The number of ether oxygens (including phenoxy) is 3. The first-order valence-corrected chi connectivity index (χ1v) is 8.98. The number of carbonyl (C=O) groups excluding carboxylic acids is 1. The maximum atomic E-state index is 12.8. The van der Waals surface area contributed by atoms with E-state index in [-0.39, 0.29) is 39.6 Å². The van der Waals surface area contributed by atoms with Gasteiger partial charge in [0.1, 0.15) is 11.5 Å². The van der Waals surface area contributed by atoms with Crippen LogP contribution >= 0.6 is 0 Å². The summed E-state index contributed by atoms with van der Waals surface area (Å²) >= 11 is 0. The highest BCUT2D eigenvalue weighted by molar-refractivity contribution is 6.05. The molecule has 1 fully saturated rings. The molecular weight excluding hydrogens is 404 g/mol. The number of nitro groups is 1. The van der Waals surface area contributed by atoms with Crippen LogP contribution in [-0.2, 0) is 4.74 Å². The van der Waals surface area contributed by atoms with Crippen molar-refractivity contribution in [3.8, 4) is 11.5 Å². The molecule has 1 atom stereocenters. The Morgan fingerprint density at radius 2 is 1.97 bits per heavy atom. The van der Waals surface area contributed by atoms with Gasteiger partial charge in [0, 0.05) is 30.0 Å². The van der Waals surface area contributed by atoms with Gasteiger partial charge in [-0.05, 0) is 36.8 Å². The normalized spacial score (nSPS) is 16.2. The third-order valence-electron chi connectivity index (χ3n) is 4.69. The zero-order valence-electron chi connectivity index (χ0n) is 15.4. The molecule has 1 aromatic heterocycles. The molecule has 30 heavy (non-hydrogen) atoms. The van der Waals surface area contributed by atoms with Crippen molar-refractivity contribution in [2.24, 2.45) is 0 Å². The van der Waals surface area contributed by atoms with Gasteiger partial charge in [0.25, 0.3) is 5.69 Å². The zero-order valence-corrected chi connectivity index (χ0v) is 15.4. The number of rotatable bonds is 6. The number of carbonyl (C=O) groups is 1. The molecule has 0 amide bonds. The van der Waals surface area contributed by atoms with E-state index in [1.165, 1.54) is 36.4 Å². The Morgan fingerprint density at radius 1 is 1.20 bits per heavy atom. The SMILES string of the molecule is O=C(Oc1ccc([N+](=O)[O-])cc1)c1ccc(OC(F)F)c2oc(C3CCOC3)cc12. The van der Waals surface area contributed by atoms with E-state index >= 15 is 0 Å². The highest BCUT2D eigenvalue weighted by Crippen LogP contribution is 2.37. The molecule has 2 aromatic carbocycles. The molecule has 10 heteroatoms. The van der Waals surface area contributed by atoms with Crippen LogP contribution in [0.3, 0.4) is 0 Å². The molecule has 1 aliphatic heterocycles. The smallest absolute Gasteiger partial charge is 0.387 e. The second-order valence-corrected chi connectivity index (χ2v) is 6.58. The van der Waals surface area contributed by atoms with E-state index in [1.807, 2.05) is 0 Å². The van der Waals surface area contributed by atoms with Crippen LogP contribution in [0, 0.1) is 10.1 Å². The average Bonchev–Trinajstić information content (AvgIpc) is 3.38. The number of fused-ring (bicyclic) bond motifs is 1. The number of nitrogens with zero attached hydrogens (tertiary/aromatic N) is 1. The standard InChI is InChI=1S/C20H15F2NO7/c21-20(22)30-16-6-5-14(15-9-17(29-18(15)16)11-7-8-27-10-11)19(24)28-13-3-1-12(2-4-13)23(25)26/h1-6,9,11,20H,7-8,10H2. The summed E-state index contributed by atoms with van der Waals surface area (Å²) in [6.45, 7) is -2.08. The zero-order chi connectivity index (χ0) is 21.3. The van der Waals surface area contributed by atoms with Crippen LogP contribution in [0.4, 0.5) is 14.5 Å². The van der Waals surface area contributed by atoms with Gasteiger partial charge in [-0.1, -0.05) is 0 Å². The first kappa shape index (κ1) is 19.8. The Bertz CT molecular complexity index is 1090. The topological polar surface area (TPSA) is 101 Å². The Kier molecular flexibility index (Phi) is 5.32. The number of esters is 1. The number of non-ortho nitro benzene ring substituents is 1. The molecule has 1 unspecified atom stereocenters. The van der Waals surface area contributed by atoms with Crippen LogP contribution in [0.2, 0.25) is 0 Å². The van der Waals surface area contributed by atoms with Gasteiger partial charge in [-0.2, -0.15) is 8.78 Å². The Hall–Kier alpha value is -3.53. The number of halogens is 2. The van der Waals surface area contributed by atoms with Gasteiger partial charge in [-0.25, -0.2) is 4.79 Å². The van der Waals surface area contributed by atoms with Crippen LogP contribution < -0.4 is 9.47 Å². The molecule has 8 nitrogen and oxygen atoms in total. The minimum Gasteiger partial charge on any atom is -0.457 e. The lowest BCUT2D eigenvalue weighted by molar-refractivity contribution is -0.384. The van der Waals surface area contributed by atoms with Gasteiger partial charge < -0.3 is 18.6 Å². The first-order valence-electron chi connectivity index (χ1n) is 8.98. The fourth-order valence-corrected chi connectivity index (χ4v) is 3.24. The molecule has 2 heterocycles. The summed E-state index contributed by atoms with van der Waals surface area (Å²) in [5, 5.41) is 11.0. The third-order valence-corrected chi connectivity index (χ3v) is 4.69. The quantitative estimate of drug-likeness (QED) is 0.248. The van der Waals surface area contributed by atoms with E-state index in [1.54, 1.807) is 6.07 Å². The van der Waals surface area contributed by atoms with E-state index in [9.17, 15) is 23.7 Å². The number of hydrogen-bond acceptors (Lipinski definition) is 7. The van der Waals surface area contributed by atoms with Gasteiger partial charge in [-0.3, -0.25) is 10.1 Å². The molecule has 156 valence electrons. The summed E-state index contributed by atoms with van der Waals surface area (Å²) in [6.07, 6.45) is 0.702. The lowest BCUT2D eigenvalue weighted by Crippen LogP contribution is -2.09. The lowest BCUT2D eigenvalue weighted by Gasteiger charge is -2.08. The predicted octanol–water partition coefficient (Wildman–Crippen LogP) is 4.67. The molecule has 0 radical (unpaired) electrons. The minimum atomic E-state index is -3.06. The highest BCUT2D eigenvalue weighted by atomic mass is 19.3. The van der Waals surface area contributed by atoms with E-state index in [2.05, 4.69) is 4.74 Å². The molecule has 0 spiro atoms. The van der Waals surface area contributed by atoms with Crippen molar-refractivity contribution in [3.05, 3.63) is 63.9 Å². The number of furan rings is 1. The molecule has 0 N–H and O–H groups in total. The third kappa shape index (κ3) is 3.94. The van der Waals surface area contributed by atoms with Crippen LogP contribution in [0.25, 0.3) is 11.0 Å².